The molecule has 4 rings (SSSR count). The molecule has 154 valence electrons. The topological polar surface area (TPSA) is 74.0 Å². The molecule has 0 amide bonds. The summed E-state index contributed by atoms with van der Waals surface area (Å²) in [6.45, 7) is 4.38. The van der Waals surface area contributed by atoms with Crippen molar-refractivity contribution < 1.29 is 13.2 Å². The summed E-state index contributed by atoms with van der Waals surface area (Å²) < 4.78 is 29.1. The third kappa shape index (κ3) is 3.80. The molecule has 0 N–H and O–H groups in total. The van der Waals surface area contributed by atoms with Crippen LogP contribution in [-0.4, -0.2) is 33.5 Å². The Morgan fingerprint density at radius 1 is 1.10 bits per heavy atom. The van der Waals surface area contributed by atoms with Crippen molar-refractivity contribution in [2.24, 2.45) is 0 Å². The average Bonchev–Trinajstić information content (AvgIpc) is 3.34. The fraction of sp³-hybridized carbons (Fsp3) is 0.182. The Bertz CT molecular complexity index is 1300. The minimum atomic E-state index is -3.70. The van der Waals surface area contributed by atoms with E-state index in [0.717, 1.165) is 27.7 Å². The van der Waals surface area contributed by atoms with Crippen LogP contribution in [0.4, 0.5) is 0 Å². The number of benzene rings is 1. The van der Waals surface area contributed by atoms with E-state index in [1.54, 1.807) is 53.1 Å². The molecule has 0 atom stereocenters. The summed E-state index contributed by atoms with van der Waals surface area (Å²) in [7, 11) is -3.70. The standard InChI is InChI=1S/C22H21N3O3S2/c1-16(2)29-18-5-7-19(8-6-18)30(27,28)25-11-9-17(14-25)21-15-24(12-13-26)22-20(21)4-3-10-23-22/h3-11,13-16H,12H2,1-2H3. The second-order valence-electron chi connectivity index (χ2n) is 7.11. The Kier molecular flexibility index (Phi) is 5.53. The number of aromatic nitrogens is 3. The average molecular weight is 440 g/mol. The molecule has 0 saturated heterocycles. The zero-order valence-electron chi connectivity index (χ0n) is 16.6. The van der Waals surface area contributed by atoms with E-state index in [0.29, 0.717) is 10.9 Å². The molecule has 3 aromatic heterocycles. The zero-order valence-corrected chi connectivity index (χ0v) is 18.2. The van der Waals surface area contributed by atoms with Gasteiger partial charge in [0.1, 0.15) is 11.9 Å². The van der Waals surface area contributed by atoms with Crippen molar-refractivity contribution in [3.05, 3.63) is 67.3 Å². The lowest BCUT2D eigenvalue weighted by molar-refractivity contribution is -0.108. The second-order valence-corrected chi connectivity index (χ2v) is 10.6. The van der Waals surface area contributed by atoms with Gasteiger partial charge in [-0.05, 0) is 42.5 Å². The monoisotopic (exact) mass is 439 g/mol. The van der Waals surface area contributed by atoms with E-state index in [1.807, 2.05) is 30.5 Å². The summed E-state index contributed by atoms with van der Waals surface area (Å²) in [5.74, 6) is 0. The van der Waals surface area contributed by atoms with E-state index in [1.165, 1.54) is 3.97 Å². The first-order chi connectivity index (χ1) is 14.4. The summed E-state index contributed by atoms with van der Waals surface area (Å²) in [6.07, 6.45) is 7.45. The molecule has 0 aliphatic carbocycles. The maximum Gasteiger partial charge on any atom is 0.267 e. The fourth-order valence-electron chi connectivity index (χ4n) is 3.34. The van der Waals surface area contributed by atoms with Crippen molar-refractivity contribution in [2.75, 3.05) is 0 Å². The Hall–Kier alpha value is -2.84. The molecular formula is C22H21N3O3S2. The van der Waals surface area contributed by atoms with Crippen LogP contribution >= 0.6 is 11.8 Å². The molecular weight excluding hydrogens is 418 g/mol. The van der Waals surface area contributed by atoms with Crippen molar-refractivity contribution in [3.63, 3.8) is 0 Å². The smallest absolute Gasteiger partial charge is 0.267 e. The SMILES string of the molecule is CC(C)Sc1ccc(S(=O)(=O)n2ccc(-c3cn(CC=O)c4ncccc34)c2)cc1. The van der Waals surface area contributed by atoms with Gasteiger partial charge in [0.15, 0.2) is 0 Å². The Morgan fingerprint density at radius 2 is 1.87 bits per heavy atom. The summed E-state index contributed by atoms with van der Waals surface area (Å²) >= 11 is 1.69. The predicted octanol–water partition coefficient (Wildman–Crippen LogP) is 4.44. The van der Waals surface area contributed by atoms with Gasteiger partial charge in [0, 0.05) is 51.4 Å². The highest BCUT2D eigenvalue weighted by Crippen LogP contribution is 2.31. The van der Waals surface area contributed by atoms with Gasteiger partial charge in [-0.1, -0.05) is 13.8 Å². The third-order valence-corrected chi connectivity index (χ3v) is 7.32. The first-order valence-corrected chi connectivity index (χ1v) is 11.8. The largest absolute Gasteiger partial charge is 0.325 e. The number of hydrogen-bond donors (Lipinski definition) is 0. The van der Waals surface area contributed by atoms with Gasteiger partial charge in [0.2, 0.25) is 0 Å². The van der Waals surface area contributed by atoms with Crippen LogP contribution < -0.4 is 0 Å². The molecule has 0 unspecified atom stereocenters. The van der Waals surface area contributed by atoms with Gasteiger partial charge >= 0.3 is 0 Å². The van der Waals surface area contributed by atoms with Crippen molar-refractivity contribution in [1.82, 2.24) is 13.5 Å². The van der Waals surface area contributed by atoms with Crippen LogP contribution in [0.5, 0.6) is 0 Å². The fourth-order valence-corrected chi connectivity index (χ4v) is 5.38. The van der Waals surface area contributed by atoms with E-state index in [9.17, 15) is 13.2 Å². The van der Waals surface area contributed by atoms with Crippen LogP contribution in [0.1, 0.15) is 13.8 Å². The minimum Gasteiger partial charge on any atom is -0.325 e. The number of carbonyl (C=O) groups is 1. The Balaban J connectivity index is 1.70. The first-order valence-electron chi connectivity index (χ1n) is 9.48. The molecule has 0 aliphatic heterocycles. The summed E-state index contributed by atoms with van der Waals surface area (Å²) in [4.78, 5) is 16.6. The van der Waals surface area contributed by atoms with E-state index < -0.39 is 10.0 Å². The van der Waals surface area contributed by atoms with Gasteiger partial charge in [0.25, 0.3) is 10.0 Å². The molecule has 0 spiro atoms. The van der Waals surface area contributed by atoms with Gasteiger partial charge < -0.3 is 9.36 Å². The Morgan fingerprint density at radius 3 is 2.57 bits per heavy atom. The molecule has 0 saturated carbocycles. The van der Waals surface area contributed by atoms with Crippen molar-refractivity contribution in [3.8, 4) is 11.1 Å². The van der Waals surface area contributed by atoms with Crippen LogP contribution in [0.25, 0.3) is 22.2 Å². The third-order valence-electron chi connectivity index (χ3n) is 4.65. The van der Waals surface area contributed by atoms with Crippen LogP contribution in [0, 0.1) is 0 Å². The van der Waals surface area contributed by atoms with Crippen molar-refractivity contribution in [1.29, 1.82) is 0 Å². The van der Waals surface area contributed by atoms with Crippen molar-refractivity contribution in [2.45, 2.75) is 35.4 Å². The van der Waals surface area contributed by atoms with Crippen molar-refractivity contribution >= 4 is 39.1 Å². The summed E-state index contributed by atoms with van der Waals surface area (Å²) in [5, 5.41) is 1.29. The number of aldehydes is 1. The number of nitrogens with zero attached hydrogens (tertiary/aromatic N) is 3. The number of fused-ring (bicyclic) bond motifs is 1. The molecule has 0 radical (unpaired) electrons. The quantitative estimate of drug-likeness (QED) is 0.314. The molecule has 0 bridgehead atoms. The molecule has 3 heterocycles. The number of carbonyl (C=O) groups excluding carboxylic acids is 1. The highest BCUT2D eigenvalue weighted by atomic mass is 32.2. The van der Waals surface area contributed by atoms with Gasteiger partial charge in [-0.25, -0.2) is 17.4 Å². The minimum absolute atomic E-state index is 0.188. The molecule has 0 fully saturated rings. The molecule has 6 nitrogen and oxygen atoms in total. The van der Waals surface area contributed by atoms with E-state index in [-0.39, 0.29) is 11.4 Å². The van der Waals surface area contributed by atoms with Crippen LogP contribution in [0.3, 0.4) is 0 Å². The molecule has 4 aromatic rings. The molecule has 8 heteroatoms. The summed E-state index contributed by atoms with van der Waals surface area (Å²) in [6, 6.07) is 12.4. The van der Waals surface area contributed by atoms with E-state index in [2.05, 4.69) is 18.8 Å². The lowest BCUT2D eigenvalue weighted by Crippen LogP contribution is -2.10. The normalized spacial score (nSPS) is 12.0. The maximum absolute atomic E-state index is 13.1. The number of rotatable bonds is 7. The molecule has 1 aromatic carbocycles. The number of hydrogen-bond acceptors (Lipinski definition) is 5. The Labute approximate surface area is 179 Å². The first kappa shape index (κ1) is 20.4. The van der Waals surface area contributed by atoms with Gasteiger partial charge in [0.05, 0.1) is 11.4 Å². The maximum atomic E-state index is 13.1. The van der Waals surface area contributed by atoms with Crippen LogP contribution in [-0.2, 0) is 21.4 Å². The highest BCUT2D eigenvalue weighted by molar-refractivity contribution is 7.99. The van der Waals surface area contributed by atoms with E-state index >= 15 is 0 Å². The van der Waals surface area contributed by atoms with Crippen LogP contribution in [0.2, 0.25) is 0 Å². The molecule has 0 aliphatic rings. The van der Waals surface area contributed by atoms with Crippen LogP contribution in [0.15, 0.2) is 77.0 Å². The number of pyridine rings is 1. The zero-order chi connectivity index (χ0) is 21.3. The lowest BCUT2D eigenvalue weighted by atomic mass is 10.1. The van der Waals surface area contributed by atoms with Gasteiger partial charge in [-0.3, -0.25) is 0 Å². The molecule has 30 heavy (non-hydrogen) atoms. The predicted molar refractivity (Wildman–Crippen MR) is 119 cm³/mol. The summed E-state index contributed by atoms with van der Waals surface area (Å²) in [5.41, 5.74) is 2.26. The van der Waals surface area contributed by atoms with Gasteiger partial charge in [-0.2, -0.15) is 0 Å². The lowest BCUT2D eigenvalue weighted by Gasteiger charge is -2.08. The number of thioether (sulfide) groups is 1. The van der Waals surface area contributed by atoms with Gasteiger partial charge in [-0.15, -0.1) is 11.8 Å². The highest BCUT2D eigenvalue weighted by Gasteiger charge is 2.19. The second kappa shape index (κ2) is 8.12. The van der Waals surface area contributed by atoms with E-state index in [4.69, 9.17) is 0 Å².